The fourth-order valence-corrected chi connectivity index (χ4v) is 1.04. The summed E-state index contributed by atoms with van der Waals surface area (Å²) in [5.74, 6) is 0. The zero-order valence-electron chi connectivity index (χ0n) is 7.25. The van der Waals surface area contributed by atoms with Crippen molar-refractivity contribution < 1.29 is 0 Å². The topological polar surface area (TPSA) is 23.9 Å². The number of rotatable bonds is 3. The molecule has 0 unspecified atom stereocenters. The Morgan fingerprint density at radius 1 is 1.25 bits per heavy atom. The Morgan fingerprint density at radius 2 is 1.92 bits per heavy atom. The van der Waals surface area contributed by atoms with Gasteiger partial charge in [-0.15, -0.1) is 0 Å². The van der Waals surface area contributed by atoms with Crippen molar-refractivity contribution in [2.45, 2.75) is 13.3 Å². The second kappa shape index (κ2) is 4.50. The minimum atomic E-state index is 0.974. The first-order chi connectivity index (χ1) is 5.88. The Bertz CT molecular complexity index is 287. The first kappa shape index (κ1) is 8.72. The standard InChI is InChI=1S/C11H13N/c1-2-3-6-10-7-4-5-8-11(10)9-12/h3-9,12H,2H2,1H3/b6-3-,12-9?. The molecule has 0 aromatic heterocycles. The van der Waals surface area contributed by atoms with Crippen molar-refractivity contribution in [3.63, 3.8) is 0 Å². The van der Waals surface area contributed by atoms with Crippen LogP contribution in [0.15, 0.2) is 30.3 Å². The van der Waals surface area contributed by atoms with Crippen LogP contribution in [0.4, 0.5) is 0 Å². The van der Waals surface area contributed by atoms with Gasteiger partial charge in [0, 0.05) is 6.21 Å². The van der Waals surface area contributed by atoms with E-state index in [1.807, 2.05) is 24.3 Å². The molecule has 0 fully saturated rings. The minimum absolute atomic E-state index is 0.974. The van der Waals surface area contributed by atoms with Gasteiger partial charge in [0.05, 0.1) is 0 Å². The van der Waals surface area contributed by atoms with Crippen molar-refractivity contribution >= 4 is 12.3 Å². The molecule has 62 valence electrons. The molecule has 0 aliphatic carbocycles. The predicted octanol–water partition coefficient (Wildman–Crippen LogP) is 3.11. The van der Waals surface area contributed by atoms with Gasteiger partial charge in [0.15, 0.2) is 0 Å². The van der Waals surface area contributed by atoms with Crippen LogP contribution in [0, 0.1) is 5.41 Å². The van der Waals surface area contributed by atoms with Gasteiger partial charge in [0.1, 0.15) is 0 Å². The second-order valence-electron chi connectivity index (χ2n) is 2.58. The van der Waals surface area contributed by atoms with E-state index < -0.39 is 0 Å². The molecule has 0 saturated heterocycles. The van der Waals surface area contributed by atoms with Crippen LogP contribution in [0.5, 0.6) is 0 Å². The van der Waals surface area contributed by atoms with Crippen molar-refractivity contribution in [3.05, 3.63) is 41.5 Å². The lowest BCUT2D eigenvalue weighted by atomic mass is 10.1. The van der Waals surface area contributed by atoms with Crippen LogP contribution < -0.4 is 0 Å². The predicted molar refractivity (Wildman–Crippen MR) is 53.7 cm³/mol. The number of benzene rings is 1. The normalized spacial score (nSPS) is 10.4. The van der Waals surface area contributed by atoms with E-state index in [1.165, 1.54) is 6.21 Å². The van der Waals surface area contributed by atoms with Crippen LogP contribution >= 0.6 is 0 Å². The van der Waals surface area contributed by atoms with Gasteiger partial charge in [0.25, 0.3) is 0 Å². The van der Waals surface area contributed by atoms with E-state index in [0.29, 0.717) is 0 Å². The third-order valence-electron chi connectivity index (χ3n) is 1.68. The summed E-state index contributed by atoms with van der Waals surface area (Å²) in [6.07, 6.45) is 6.57. The molecule has 1 heteroatoms. The maximum atomic E-state index is 7.16. The summed E-state index contributed by atoms with van der Waals surface area (Å²) in [4.78, 5) is 0. The van der Waals surface area contributed by atoms with E-state index >= 15 is 0 Å². The quantitative estimate of drug-likeness (QED) is 0.655. The molecule has 1 aromatic carbocycles. The summed E-state index contributed by atoms with van der Waals surface area (Å²) in [5.41, 5.74) is 2.09. The van der Waals surface area contributed by atoms with Crippen molar-refractivity contribution in [3.8, 4) is 0 Å². The lowest BCUT2D eigenvalue weighted by molar-refractivity contribution is 1.23. The van der Waals surface area contributed by atoms with Gasteiger partial charge in [-0.05, 0) is 17.5 Å². The lowest BCUT2D eigenvalue weighted by Gasteiger charge is -1.97. The van der Waals surface area contributed by atoms with E-state index in [4.69, 9.17) is 5.41 Å². The van der Waals surface area contributed by atoms with Gasteiger partial charge in [-0.25, -0.2) is 0 Å². The van der Waals surface area contributed by atoms with Crippen LogP contribution in [0.25, 0.3) is 6.08 Å². The summed E-state index contributed by atoms with van der Waals surface area (Å²) in [5, 5.41) is 7.16. The van der Waals surface area contributed by atoms with Gasteiger partial charge in [-0.1, -0.05) is 43.3 Å². The fraction of sp³-hybridized carbons (Fsp3) is 0.182. The highest BCUT2D eigenvalue weighted by Crippen LogP contribution is 2.08. The molecule has 1 aromatic rings. The summed E-state index contributed by atoms with van der Waals surface area (Å²) in [6.45, 7) is 2.10. The molecule has 0 atom stereocenters. The number of allylic oxidation sites excluding steroid dienone is 1. The Morgan fingerprint density at radius 3 is 2.50 bits per heavy atom. The highest BCUT2D eigenvalue weighted by atomic mass is 14.3. The summed E-state index contributed by atoms with van der Waals surface area (Å²) >= 11 is 0. The highest BCUT2D eigenvalue weighted by Gasteiger charge is 1.91. The van der Waals surface area contributed by atoms with Gasteiger partial charge in [0.2, 0.25) is 0 Å². The summed E-state index contributed by atoms with van der Waals surface area (Å²) in [6, 6.07) is 7.90. The Kier molecular flexibility index (Phi) is 3.27. The molecule has 0 spiro atoms. The van der Waals surface area contributed by atoms with Crippen LogP contribution in [0.2, 0.25) is 0 Å². The van der Waals surface area contributed by atoms with E-state index in [9.17, 15) is 0 Å². The molecule has 12 heavy (non-hydrogen) atoms. The number of hydrogen-bond acceptors (Lipinski definition) is 1. The molecular formula is C11H13N. The van der Waals surface area contributed by atoms with Crippen molar-refractivity contribution in [1.82, 2.24) is 0 Å². The molecule has 1 rings (SSSR count). The average molecular weight is 159 g/mol. The average Bonchev–Trinajstić information content (AvgIpc) is 2.15. The molecular weight excluding hydrogens is 146 g/mol. The highest BCUT2D eigenvalue weighted by molar-refractivity contribution is 5.83. The molecule has 0 aliphatic heterocycles. The number of nitrogens with one attached hydrogen (secondary N) is 1. The van der Waals surface area contributed by atoms with Crippen molar-refractivity contribution in [2.24, 2.45) is 0 Å². The SMILES string of the molecule is CC/C=C\c1ccccc1C=N. The molecule has 0 saturated carbocycles. The Labute approximate surface area is 73.3 Å². The lowest BCUT2D eigenvalue weighted by Crippen LogP contribution is -1.83. The fourth-order valence-electron chi connectivity index (χ4n) is 1.04. The molecule has 0 bridgehead atoms. The third kappa shape index (κ3) is 2.06. The molecule has 0 amide bonds. The maximum Gasteiger partial charge on any atom is 0.0256 e. The van der Waals surface area contributed by atoms with Gasteiger partial charge < -0.3 is 5.41 Å². The Hall–Kier alpha value is -1.37. The minimum Gasteiger partial charge on any atom is -0.308 e. The van der Waals surface area contributed by atoms with Gasteiger partial charge in [-0.3, -0.25) is 0 Å². The van der Waals surface area contributed by atoms with E-state index in [-0.39, 0.29) is 0 Å². The zero-order chi connectivity index (χ0) is 8.81. The smallest absolute Gasteiger partial charge is 0.0256 e. The van der Waals surface area contributed by atoms with Crippen LogP contribution in [-0.4, -0.2) is 6.21 Å². The van der Waals surface area contributed by atoms with Crippen LogP contribution in [0.3, 0.4) is 0 Å². The molecule has 0 radical (unpaired) electrons. The van der Waals surface area contributed by atoms with Crippen LogP contribution in [0.1, 0.15) is 24.5 Å². The first-order valence-electron chi connectivity index (χ1n) is 4.14. The van der Waals surface area contributed by atoms with Crippen LogP contribution in [-0.2, 0) is 0 Å². The first-order valence-corrected chi connectivity index (χ1v) is 4.14. The largest absolute Gasteiger partial charge is 0.308 e. The van der Waals surface area contributed by atoms with E-state index in [0.717, 1.165) is 17.5 Å². The van der Waals surface area contributed by atoms with Gasteiger partial charge in [-0.2, -0.15) is 0 Å². The molecule has 0 aliphatic rings. The second-order valence-corrected chi connectivity index (χ2v) is 2.58. The van der Waals surface area contributed by atoms with E-state index in [2.05, 4.69) is 19.1 Å². The zero-order valence-corrected chi connectivity index (χ0v) is 7.25. The van der Waals surface area contributed by atoms with Crippen molar-refractivity contribution in [1.29, 1.82) is 5.41 Å². The maximum absolute atomic E-state index is 7.16. The monoisotopic (exact) mass is 159 g/mol. The van der Waals surface area contributed by atoms with Crippen molar-refractivity contribution in [2.75, 3.05) is 0 Å². The molecule has 1 nitrogen and oxygen atoms in total. The van der Waals surface area contributed by atoms with E-state index in [1.54, 1.807) is 0 Å². The number of hydrogen-bond donors (Lipinski definition) is 1. The Balaban J connectivity index is 2.96. The molecule has 1 N–H and O–H groups in total. The third-order valence-corrected chi connectivity index (χ3v) is 1.68. The summed E-state index contributed by atoms with van der Waals surface area (Å²) < 4.78 is 0. The van der Waals surface area contributed by atoms with Gasteiger partial charge >= 0.3 is 0 Å². The molecule has 0 heterocycles. The summed E-state index contributed by atoms with van der Waals surface area (Å²) in [7, 11) is 0.